The Balaban J connectivity index is 1.51. The normalized spacial score (nSPS) is 23.1. The van der Waals surface area contributed by atoms with Crippen LogP contribution in [0.15, 0.2) is 34.1 Å². The van der Waals surface area contributed by atoms with E-state index in [1.807, 2.05) is 34.1 Å². The number of rotatable bonds is 2. The fourth-order valence-corrected chi connectivity index (χ4v) is 4.71. The van der Waals surface area contributed by atoms with Crippen molar-refractivity contribution in [3.05, 3.63) is 40.3 Å². The predicted molar refractivity (Wildman–Crippen MR) is 106 cm³/mol. The number of hydrogen-bond donors (Lipinski definition) is 0. The number of aliphatic imine (C=N–C) groups is 1. The Kier molecular flexibility index (Phi) is 3.89. The van der Waals surface area contributed by atoms with E-state index in [1.54, 1.807) is 4.57 Å². The van der Waals surface area contributed by atoms with E-state index in [2.05, 4.69) is 23.9 Å². The minimum atomic E-state index is -0.278. The molecule has 8 nitrogen and oxygen atoms in total. The highest BCUT2D eigenvalue weighted by Crippen LogP contribution is 2.29. The minimum Gasteiger partial charge on any atom is -0.341 e. The van der Waals surface area contributed by atoms with Gasteiger partial charge >= 0.3 is 5.69 Å². The highest BCUT2D eigenvalue weighted by molar-refractivity contribution is 6.14. The largest absolute Gasteiger partial charge is 0.352 e. The molecule has 5 rings (SSSR count). The maximum atomic E-state index is 13.1. The molecule has 2 aromatic rings. The molecule has 0 radical (unpaired) electrons. The van der Waals surface area contributed by atoms with Gasteiger partial charge in [-0.1, -0.05) is 26.0 Å². The van der Waals surface area contributed by atoms with Gasteiger partial charge in [-0.15, -0.1) is 5.10 Å². The molecule has 3 aliphatic heterocycles. The van der Waals surface area contributed by atoms with Gasteiger partial charge in [0.25, 0.3) is 0 Å². The van der Waals surface area contributed by atoms with Gasteiger partial charge in [0, 0.05) is 25.2 Å². The van der Waals surface area contributed by atoms with E-state index in [0.717, 1.165) is 36.6 Å². The zero-order chi connectivity index (χ0) is 19.4. The second-order valence-corrected chi connectivity index (χ2v) is 8.19. The van der Waals surface area contributed by atoms with Gasteiger partial charge in [-0.05, 0) is 30.4 Å². The van der Waals surface area contributed by atoms with Crippen molar-refractivity contribution in [3.8, 4) is 5.69 Å². The summed E-state index contributed by atoms with van der Waals surface area (Å²) in [5, 5.41) is 4.53. The Morgan fingerprint density at radius 2 is 1.93 bits per heavy atom. The summed E-state index contributed by atoms with van der Waals surface area (Å²) in [6, 6.07) is 7.72. The van der Waals surface area contributed by atoms with Crippen LogP contribution in [0.25, 0.3) is 5.69 Å². The maximum Gasteiger partial charge on any atom is 0.352 e. The molecule has 146 valence electrons. The van der Waals surface area contributed by atoms with E-state index >= 15 is 0 Å². The summed E-state index contributed by atoms with van der Waals surface area (Å²) in [6.07, 6.45) is 1.14. The number of piperidine rings is 1. The highest BCUT2D eigenvalue weighted by Gasteiger charge is 2.35. The molecule has 0 aliphatic carbocycles. The number of hydrogen-bond acceptors (Lipinski definition) is 5. The number of benzene rings is 1. The quantitative estimate of drug-likeness (QED) is 0.782. The number of amidine groups is 1. The van der Waals surface area contributed by atoms with Crippen molar-refractivity contribution in [2.24, 2.45) is 16.8 Å². The lowest BCUT2D eigenvalue weighted by Crippen LogP contribution is -2.45. The van der Waals surface area contributed by atoms with E-state index in [-0.39, 0.29) is 18.1 Å². The summed E-state index contributed by atoms with van der Waals surface area (Å²) in [5.41, 5.74) is 1.43. The molecule has 8 heteroatoms. The number of anilines is 1. The fourth-order valence-electron chi connectivity index (χ4n) is 4.71. The van der Waals surface area contributed by atoms with Gasteiger partial charge in [-0.3, -0.25) is 14.7 Å². The predicted octanol–water partition coefficient (Wildman–Crippen LogP) is 1.12. The van der Waals surface area contributed by atoms with Crippen LogP contribution in [-0.4, -0.2) is 57.2 Å². The average Bonchev–Trinajstić information content (AvgIpc) is 3.27. The van der Waals surface area contributed by atoms with Crippen LogP contribution in [0.3, 0.4) is 0 Å². The van der Waals surface area contributed by atoms with E-state index in [1.165, 1.54) is 4.68 Å². The summed E-state index contributed by atoms with van der Waals surface area (Å²) in [4.78, 5) is 34.4. The van der Waals surface area contributed by atoms with Crippen LogP contribution in [0.5, 0.6) is 0 Å². The van der Waals surface area contributed by atoms with E-state index in [4.69, 9.17) is 0 Å². The van der Waals surface area contributed by atoms with Crippen LogP contribution < -0.4 is 10.6 Å². The molecule has 1 aromatic carbocycles. The van der Waals surface area contributed by atoms with Crippen molar-refractivity contribution in [1.29, 1.82) is 0 Å². The first-order valence-electron chi connectivity index (χ1n) is 9.92. The minimum absolute atomic E-state index is 0.0270. The van der Waals surface area contributed by atoms with Gasteiger partial charge in [0.15, 0.2) is 0 Å². The van der Waals surface area contributed by atoms with Gasteiger partial charge in [-0.2, -0.15) is 0 Å². The molecule has 0 N–H and O–H groups in total. The number of carbonyl (C=O) groups excluding carboxylic acids is 1. The summed E-state index contributed by atoms with van der Waals surface area (Å²) in [5.74, 6) is 2.32. The Hall–Kier alpha value is -2.90. The molecule has 0 unspecified atom stereocenters. The standard InChI is InChI=1S/C20H24N6O2/c1-13-9-14(2)11-23(10-13)17(27)12-25-20(28)26-16-6-4-3-5-15(16)18-21-7-8-24(18)19(26)22-25/h3-6,13-14H,7-12H2,1-2H3/t13-,14-/m0/s1. The topological polar surface area (TPSA) is 75.7 Å². The van der Waals surface area contributed by atoms with E-state index in [9.17, 15) is 9.59 Å². The number of aromatic nitrogens is 3. The average molecular weight is 380 g/mol. The first-order chi connectivity index (χ1) is 13.5. The SMILES string of the molecule is C[C@H]1C[C@H](C)CN(C(=O)Cn2nc3n(c2=O)-c2ccccc2C2=NCCN23)C1. The second-order valence-electron chi connectivity index (χ2n) is 8.19. The monoisotopic (exact) mass is 380 g/mol. The van der Waals surface area contributed by atoms with Crippen LogP contribution in [0.2, 0.25) is 0 Å². The van der Waals surface area contributed by atoms with Crippen LogP contribution in [0, 0.1) is 11.8 Å². The molecular weight excluding hydrogens is 356 g/mol. The lowest BCUT2D eigenvalue weighted by atomic mass is 9.92. The third kappa shape index (κ3) is 2.58. The highest BCUT2D eigenvalue weighted by atomic mass is 16.2. The molecule has 2 atom stereocenters. The van der Waals surface area contributed by atoms with Crippen molar-refractivity contribution in [2.45, 2.75) is 26.8 Å². The Labute approximate surface area is 163 Å². The fraction of sp³-hybridized carbons (Fsp3) is 0.500. The molecule has 4 heterocycles. The van der Waals surface area contributed by atoms with Crippen LogP contribution >= 0.6 is 0 Å². The molecular formula is C20H24N6O2. The molecule has 1 saturated heterocycles. The van der Waals surface area contributed by atoms with Gasteiger partial charge < -0.3 is 4.90 Å². The molecule has 0 bridgehead atoms. The second kappa shape index (κ2) is 6.32. The molecule has 0 saturated carbocycles. The summed E-state index contributed by atoms with van der Waals surface area (Å²) in [6.45, 7) is 7.17. The molecule has 1 fully saturated rings. The van der Waals surface area contributed by atoms with Gasteiger partial charge in [-0.25, -0.2) is 14.0 Å². The van der Waals surface area contributed by atoms with Crippen LogP contribution in [0.4, 0.5) is 5.95 Å². The summed E-state index contributed by atoms with van der Waals surface area (Å²) < 4.78 is 2.91. The molecule has 0 spiro atoms. The molecule has 1 amide bonds. The number of para-hydroxylation sites is 1. The van der Waals surface area contributed by atoms with Crippen molar-refractivity contribution in [2.75, 3.05) is 31.1 Å². The molecule has 1 aromatic heterocycles. The van der Waals surface area contributed by atoms with Gasteiger partial charge in [0.1, 0.15) is 12.4 Å². The Morgan fingerprint density at radius 1 is 1.18 bits per heavy atom. The first kappa shape index (κ1) is 17.2. The maximum absolute atomic E-state index is 13.1. The third-order valence-electron chi connectivity index (χ3n) is 5.80. The number of fused-ring (bicyclic) bond motifs is 6. The lowest BCUT2D eigenvalue weighted by Gasteiger charge is -2.34. The number of amides is 1. The van der Waals surface area contributed by atoms with Gasteiger partial charge in [0.05, 0.1) is 12.2 Å². The Morgan fingerprint density at radius 3 is 2.71 bits per heavy atom. The van der Waals surface area contributed by atoms with Crippen molar-refractivity contribution in [3.63, 3.8) is 0 Å². The van der Waals surface area contributed by atoms with Crippen molar-refractivity contribution < 1.29 is 4.79 Å². The van der Waals surface area contributed by atoms with Crippen LogP contribution in [0.1, 0.15) is 25.8 Å². The zero-order valence-corrected chi connectivity index (χ0v) is 16.2. The lowest BCUT2D eigenvalue weighted by molar-refractivity contribution is -0.134. The van der Waals surface area contributed by atoms with Gasteiger partial charge in [0.2, 0.25) is 11.9 Å². The number of carbonyl (C=O) groups is 1. The smallest absolute Gasteiger partial charge is 0.341 e. The van der Waals surface area contributed by atoms with Crippen molar-refractivity contribution in [1.82, 2.24) is 19.2 Å². The van der Waals surface area contributed by atoms with Crippen LogP contribution in [-0.2, 0) is 11.3 Å². The van der Waals surface area contributed by atoms with E-state index < -0.39 is 0 Å². The summed E-state index contributed by atoms with van der Waals surface area (Å²) >= 11 is 0. The Bertz CT molecular complexity index is 1030. The number of likely N-dealkylation sites (tertiary alicyclic amines) is 1. The first-order valence-corrected chi connectivity index (χ1v) is 9.92. The number of nitrogens with zero attached hydrogens (tertiary/aromatic N) is 6. The zero-order valence-electron chi connectivity index (χ0n) is 16.2. The molecule has 28 heavy (non-hydrogen) atoms. The third-order valence-corrected chi connectivity index (χ3v) is 5.80. The van der Waals surface area contributed by atoms with Crippen molar-refractivity contribution >= 4 is 17.7 Å². The molecule has 3 aliphatic rings. The van der Waals surface area contributed by atoms with E-state index in [0.29, 0.717) is 30.9 Å². The summed E-state index contributed by atoms with van der Waals surface area (Å²) in [7, 11) is 0.